The number of hydrogen-bond acceptors (Lipinski definition) is 3. The number of aliphatic carboxylic acids is 1. The summed E-state index contributed by atoms with van der Waals surface area (Å²) < 4.78 is 6.67. The van der Waals surface area contributed by atoms with Crippen LogP contribution in [0.3, 0.4) is 0 Å². The van der Waals surface area contributed by atoms with E-state index >= 15 is 0 Å². The first-order valence-corrected chi connectivity index (χ1v) is 2.16. The Balaban J connectivity index is 3.64. The molecule has 0 saturated heterocycles. The van der Waals surface area contributed by atoms with Crippen LogP contribution in [0, 0.1) is 0 Å². The minimum atomic E-state index is -1.19. The highest BCUT2D eigenvalue weighted by atomic mass is 32.1. The standard InChI is InChI=1S/C3H7NO2S/c4-2(1-7)3(5)6/h2,7H,1,4H2,(H,5,6)/t2-/m0/s1/i1+1D,4+1/t1?,2-. The maximum absolute atomic E-state index is 9.85. The van der Waals surface area contributed by atoms with Gasteiger partial charge in [-0.1, -0.05) is 0 Å². The smallest absolute Gasteiger partial charge is 0.321 e. The van der Waals surface area contributed by atoms with E-state index in [0.29, 0.717) is 0 Å². The maximum Gasteiger partial charge on any atom is 0.321 e. The number of carboxylic acids is 1. The Morgan fingerprint density at radius 1 is 2.29 bits per heavy atom. The van der Waals surface area contributed by atoms with E-state index in [0.717, 1.165) is 0 Å². The van der Waals surface area contributed by atoms with Crippen LogP contribution in [0.1, 0.15) is 1.37 Å². The largest absolute Gasteiger partial charge is 0.480 e. The zero-order chi connectivity index (χ0) is 6.73. The zero-order valence-corrected chi connectivity index (χ0v) is 4.43. The van der Waals surface area contributed by atoms with Gasteiger partial charge >= 0.3 is 5.97 Å². The van der Waals surface area contributed by atoms with E-state index in [1.807, 2.05) is 0 Å². The van der Waals surface area contributed by atoms with Crippen molar-refractivity contribution in [3.8, 4) is 0 Å². The molecule has 0 aromatic carbocycles. The van der Waals surface area contributed by atoms with Gasteiger partial charge in [0.05, 0.1) is 0 Å². The first-order valence-electron chi connectivity index (χ1n) is 2.22. The lowest BCUT2D eigenvalue weighted by molar-refractivity contribution is -0.137. The SMILES string of the molecule is [2H][13CH](S)[C@H]([15NH2])C(=O)O. The molecule has 42 valence electrons. The molecule has 0 aromatic rings. The van der Waals surface area contributed by atoms with Gasteiger partial charge in [0, 0.05) is 7.10 Å². The molecule has 0 radical (unpaired) electrons. The van der Waals surface area contributed by atoms with Gasteiger partial charge in [-0.15, -0.1) is 0 Å². The molecule has 0 spiro atoms. The Bertz CT molecular complexity index is 97.3. The Kier molecular flexibility index (Phi) is 2.02. The van der Waals surface area contributed by atoms with Crippen molar-refractivity contribution in [1.82, 2.24) is 0 Å². The van der Waals surface area contributed by atoms with Crippen LogP contribution in [0.5, 0.6) is 0 Å². The molecule has 0 aliphatic rings. The van der Waals surface area contributed by atoms with Gasteiger partial charge in [0.25, 0.3) is 0 Å². The molecule has 3 nitrogen and oxygen atoms in total. The number of hydrogen-bond donors (Lipinski definition) is 3. The quantitative estimate of drug-likeness (QED) is 0.260. The molecular formula is C3H7NO2S. The lowest BCUT2D eigenvalue weighted by atomic mass is 10.5. The second-order valence-corrected chi connectivity index (χ2v) is 1.31. The van der Waals surface area contributed by atoms with Gasteiger partial charge in [-0.2, -0.15) is 12.6 Å². The molecule has 2 atom stereocenters. The van der Waals surface area contributed by atoms with E-state index in [4.69, 9.17) is 12.2 Å². The normalized spacial score (nSPS) is 20.0. The van der Waals surface area contributed by atoms with Gasteiger partial charge in [-0.05, 0) is 0 Å². The third-order valence-electron chi connectivity index (χ3n) is 0.446. The maximum atomic E-state index is 9.85. The van der Waals surface area contributed by atoms with Crippen molar-refractivity contribution in [2.24, 2.45) is 5.73 Å². The minimum Gasteiger partial charge on any atom is -0.480 e. The summed E-state index contributed by atoms with van der Waals surface area (Å²) in [4.78, 5) is 9.85. The van der Waals surface area contributed by atoms with Crippen molar-refractivity contribution in [3.05, 3.63) is 0 Å². The lowest BCUT2D eigenvalue weighted by Crippen LogP contribution is -2.31. The fraction of sp³-hybridized carbons (Fsp3) is 0.667. The summed E-state index contributed by atoms with van der Waals surface area (Å²) in [7, 11) is 0. The van der Waals surface area contributed by atoms with E-state index < -0.39 is 17.7 Å². The minimum absolute atomic E-state index is 1.03. The lowest BCUT2D eigenvalue weighted by Gasteiger charge is -1.96. The molecule has 0 aromatic heterocycles. The van der Waals surface area contributed by atoms with Crippen LogP contribution in [0.4, 0.5) is 0 Å². The van der Waals surface area contributed by atoms with E-state index in [1.54, 1.807) is 0 Å². The summed E-state index contributed by atoms with van der Waals surface area (Å²) in [5.41, 5.74) is 3.86. The van der Waals surface area contributed by atoms with Crippen molar-refractivity contribution in [2.75, 3.05) is 5.73 Å². The molecule has 0 bridgehead atoms. The monoisotopic (exact) mass is 124 g/mol. The summed E-state index contributed by atoms with van der Waals surface area (Å²) in [6, 6.07) is -1.18. The number of carbonyl (C=O) groups is 1. The summed E-state index contributed by atoms with van der Waals surface area (Å²) in [6.45, 7) is 0. The topological polar surface area (TPSA) is 63.3 Å². The van der Waals surface area contributed by atoms with Crippen LogP contribution in [0.25, 0.3) is 0 Å². The molecule has 4 heteroatoms. The second kappa shape index (κ2) is 2.87. The van der Waals surface area contributed by atoms with E-state index in [9.17, 15) is 4.79 Å². The van der Waals surface area contributed by atoms with Crippen molar-refractivity contribution in [3.63, 3.8) is 0 Å². The zero-order valence-electron chi connectivity index (χ0n) is 4.53. The molecule has 0 aliphatic carbocycles. The second-order valence-electron chi connectivity index (χ2n) is 1.01. The van der Waals surface area contributed by atoms with Crippen LogP contribution in [-0.2, 0) is 4.79 Å². The third-order valence-corrected chi connectivity index (χ3v) is 0.767. The van der Waals surface area contributed by atoms with E-state index in [1.165, 1.54) is 0 Å². The summed E-state index contributed by atoms with van der Waals surface area (Å²) in [6.07, 6.45) is 0. The highest BCUT2D eigenvalue weighted by molar-refractivity contribution is 7.80. The predicted molar refractivity (Wildman–Crippen MR) is 29.5 cm³/mol. The fourth-order valence-corrected chi connectivity index (χ4v) is 0.191. The average molecular weight is 124 g/mol. The molecule has 0 saturated carbocycles. The molecule has 0 fully saturated rings. The van der Waals surface area contributed by atoms with E-state index in [2.05, 4.69) is 12.6 Å². The number of rotatable bonds is 2. The van der Waals surface area contributed by atoms with Crippen molar-refractivity contribution in [2.45, 2.75) is 6.04 Å². The highest BCUT2D eigenvalue weighted by Crippen LogP contribution is 1.80. The third kappa shape index (κ3) is 2.47. The summed E-state index contributed by atoms with van der Waals surface area (Å²) in [5, 5.41) is 8.06. The van der Waals surface area contributed by atoms with Gasteiger partial charge in [0.2, 0.25) is 0 Å². The van der Waals surface area contributed by atoms with Crippen LogP contribution in [0.2, 0.25) is 0 Å². The molecular weight excluding hydrogens is 116 g/mol. The Morgan fingerprint density at radius 3 is 2.71 bits per heavy atom. The van der Waals surface area contributed by atoms with Crippen molar-refractivity contribution >= 4 is 18.6 Å². The predicted octanol–water partition coefficient (Wildman–Crippen LogP) is -0.672. The molecule has 7 heavy (non-hydrogen) atoms. The molecule has 0 aliphatic heterocycles. The molecule has 0 heterocycles. The summed E-state index contributed by atoms with van der Waals surface area (Å²) >= 11 is 3.49. The van der Waals surface area contributed by atoms with Gasteiger partial charge in [0.1, 0.15) is 6.04 Å². The number of nitrogens with two attached hydrogens (primary N) is 1. The van der Waals surface area contributed by atoms with Crippen molar-refractivity contribution in [1.29, 1.82) is 0 Å². The average Bonchev–Trinajstić information content (AvgIpc) is 1.64. The van der Waals surface area contributed by atoms with Crippen LogP contribution >= 0.6 is 12.6 Å². The molecule has 3 N–H and O–H groups in total. The molecule has 1 unspecified atom stereocenters. The van der Waals surface area contributed by atoms with E-state index in [-0.39, 0.29) is 0 Å². The molecule has 0 rings (SSSR count). The number of thiol groups is 1. The van der Waals surface area contributed by atoms with Gasteiger partial charge in [-0.3, -0.25) is 4.79 Å². The Hall–Kier alpha value is -0.220. The highest BCUT2D eigenvalue weighted by Gasteiger charge is 2.06. The number of carboxylic acid groups (broad SMARTS) is 1. The van der Waals surface area contributed by atoms with Crippen LogP contribution < -0.4 is 5.73 Å². The Labute approximate surface area is 48.3 Å². The van der Waals surface area contributed by atoms with Gasteiger partial charge in [-0.25, -0.2) is 0 Å². The van der Waals surface area contributed by atoms with Gasteiger partial charge in [0.15, 0.2) is 0 Å². The summed E-state index contributed by atoms with van der Waals surface area (Å²) in [5.74, 6) is -1.19. The van der Waals surface area contributed by atoms with Crippen LogP contribution in [-0.4, -0.2) is 22.8 Å². The fourth-order valence-electron chi connectivity index (χ4n) is 0.0638. The van der Waals surface area contributed by atoms with Crippen molar-refractivity contribution < 1.29 is 11.3 Å². The van der Waals surface area contributed by atoms with Gasteiger partial charge < -0.3 is 10.8 Å². The molecule has 0 amide bonds. The first-order chi connectivity index (χ1) is 3.55. The Morgan fingerprint density at radius 2 is 2.71 bits per heavy atom. The first kappa shape index (κ1) is 4.93. The van der Waals surface area contributed by atoms with Crippen LogP contribution in [0.15, 0.2) is 0 Å².